The van der Waals surface area contributed by atoms with Crippen LogP contribution in [0.5, 0.6) is 11.6 Å². The SMILES string of the molecule is Cc1cc(C)cc(Oc2cc(C(C)C)nc(SCc3ccc(C(F)(F)F)cc3)n2)c1. The highest BCUT2D eigenvalue weighted by Gasteiger charge is 2.29. The van der Waals surface area contributed by atoms with Gasteiger partial charge in [-0.2, -0.15) is 18.2 Å². The molecule has 0 unspecified atom stereocenters. The Balaban J connectivity index is 1.78. The monoisotopic (exact) mass is 432 g/mol. The number of nitrogens with zero attached hydrogens (tertiary/aromatic N) is 2. The Morgan fingerprint density at radius 1 is 0.933 bits per heavy atom. The summed E-state index contributed by atoms with van der Waals surface area (Å²) in [6, 6.07) is 12.9. The van der Waals surface area contributed by atoms with Gasteiger partial charge in [-0.1, -0.05) is 43.8 Å². The van der Waals surface area contributed by atoms with E-state index in [0.29, 0.717) is 22.5 Å². The number of benzene rings is 2. The highest BCUT2D eigenvalue weighted by Crippen LogP contribution is 2.31. The summed E-state index contributed by atoms with van der Waals surface area (Å²) >= 11 is 1.37. The molecular weight excluding hydrogens is 409 g/mol. The van der Waals surface area contributed by atoms with Gasteiger partial charge in [0.2, 0.25) is 5.88 Å². The predicted molar refractivity (Wildman–Crippen MR) is 113 cm³/mol. The normalized spacial score (nSPS) is 11.7. The van der Waals surface area contributed by atoms with Crippen LogP contribution in [0.4, 0.5) is 13.2 Å². The highest BCUT2D eigenvalue weighted by molar-refractivity contribution is 7.98. The van der Waals surface area contributed by atoms with Gasteiger partial charge in [0.1, 0.15) is 5.75 Å². The number of alkyl halides is 3. The smallest absolute Gasteiger partial charge is 0.416 e. The fourth-order valence-corrected chi connectivity index (χ4v) is 3.70. The van der Waals surface area contributed by atoms with E-state index in [9.17, 15) is 13.2 Å². The van der Waals surface area contributed by atoms with E-state index >= 15 is 0 Å². The predicted octanol–water partition coefficient (Wildman–Crippen LogP) is 7.32. The van der Waals surface area contributed by atoms with Crippen molar-refractivity contribution in [1.29, 1.82) is 0 Å². The van der Waals surface area contributed by atoms with Crippen molar-refractivity contribution in [2.24, 2.45) is 0 Å². The second-order valence-corrected chi connectivity index (χ2v) is 8.42. The summed E-state index contributed by atoms with van der Waals surface area (Å²) < 4.78 is 44.2. The number of aryl methyl sites for hydroxylation is 2. The lowest BCUT2D eigenvalue weighted by atomic mass is 10.1. The van der Waals surface area contributed by atoms with Gasteiger partial charge in [-0.25, -0.2) is 4.98 Å². The van der Waals surface area contributed by atoms with Crippen molar-refractivity contribution < 1.29 is 17.9 Å². The average molecular weight is 433 g/mol. The van der Waals surface area contributed by atoms with E-state index < -0.39 is 11.7 Å². The Hall–Kier alpha value is -2.54. The molecule has 0 spiro atoms. The zero-order valence-corrected chi connectivity index (χ0v) is 18.1. The molecule has 3 rings (SSSR count). The number of halogens is 3. The fraction of sp³-hybridized carbons (Fsp3) is 0.304. The lowest BCUT2D eigenvalue weighted by Crippen LogP contribution is -2.04. The molecule has 0 aliphatic heterocycles. The molecule has 0 atom stereocenters. The maximum Gasteiger partial charge on any atom is 0.416 e. The molecule has 0 saturated heterocycles. The standard InChI is InChI=1S/C23H23F3N2OS/c1-14(2)20-12-21(29-19-10-15(3)9-16(4)11-19)28-22(27-20)30-13-17-5-7-18(8-6-17)23(24,25)26/h5-12,14H,13H2,1-4H3. The molecule has 0 radical (unpaired) electrons. The van der Waals surface area contributed by atoms with Crippen molar-refractivity contribution in [2.45, 2.75) is 50.7 Å². The first-order chi connectivity index (χ1) is 14.1. The highest BCUT2D eigenvalue weighted by atomic mass is 32.2. The van der Waals surface area contributed by atoms with Crippen LogP contribution in [0.1, 0.15) is 47.7 Å². The van der Waals surface area contributed by atoms with E-state index in [2.05, 4.69) is 16.0 Å². The van der Waals surface area contributed by atoms with E-state index in [4.69, 9.17) is 4.74 Å². The van der Waals surface area contributed by atoms with Crippen LogP contribution in [-0.4, -0.2) is 9.97 Å². The van der Waals surface area contributed by atoms with E-state index in [0.717, 1.165) is 34.5 Å². The van der Waals surface area contributed by atoms with Gasteiger partial charge in [0, 0.05) is 11.8 Å². The van der Waals surface area contributed by atoms with Gasteiger partial charge in [0.25, 0.3) is 0 Å². The minimum atomic E-state index is -4.33. The third-order valence-electron chi connectivity index (χ3n) is 4.36. The molecule has 0 aliphatic rings. The van der Waals surface area contributed by atoms with Crippen LogP contribution in [0.15, 0.2) is 53.7 Å². The second kappa shape index (κ2) is 9.08. The molecule has 158 valence electrons. The van der Waals surface area contributed by atoms with Gasteiger partial charge in [0.05, 0.1) is 11.3 Å². The first-order valence-electron chi connectivity index (χ1n) is 9.54. The third kappa shape index (κ3) is 5.98. The Morgan fingerprint density at radius 3 is 2.13 bits per heavy atom. The second-order valence-electron chi connectivity index (χ2n) is 7.48. The van der Waals surface area contributed by atoms with Gasteiger partial charge >= 0.3 is 6.18 Å². The zero-order valence-electron chi connectivity index (χ0n) is 17.2. The molecule has 7 heteroatoms. The molecule has 0 fully saturated rings. The van der Waals surface area contributed by atoms with Gasteiger partial charge in [0.15, 0.2) is 5.16 Å². The van der Waals surface area contributed by atoms with Crippen LogP contribution >= 0.6 is 11.8 Å². The Kier molecular flexibility index (Phi) is 6.71. The molecule has 0 aliphatic carbocycles. The van der Waals surface area contributed by atoms with Crippen LogP contribution in [-0.2, 0) is 11.9 Å². The van der Waals surface area contributed by atoms with Crippen molar-refractivity contribution in [3.05, 3.63) is 76.5 Å². The number of rotatable bonds is 6. The van der Waals surface area contributed by atoms with E-state index in [1.165, 1.54) is 23.9 Å². The Morgan fingerprint density at radius 2 is 1.57 bits per heavy atom. The Bertz CT molecular complexity index is 998. The molecule has 0 N–H and O–H groups in total. The number of hydrogen-bond donors (Lipinski definition) is 0. The minimum absolute atomic E-state index is 0.181. The lowest BCUT2D eigenvalue weighted by Gasteiger charge is -2.12. The molecule has 1 aromatic heterocycles. The van der Waals surface area contributed by atoms with Crippen LogP contribution in [0.3, 0.4) is 0 Å². The first-order valence-corrected chi connectivity index (χ1v) is 10.5. The topological polar surface area (TPSA) is 35.0 Å². The molecule has 0 saturated carbocycles. The molecule has 3 nitrogen and oxygen atoms in total. The summed E-state index contributed by atoms with van der Waals surface area (Å²) in [5, 5.41) is 0.528. The van der Waals surface area contributed by atoms with E-state index in [1.54, 1.807) is 0 Å². The summed E-state index contributed by atoms with van der Waals surface area (Å²) in [6.45, 7) is 8.08. The Labute approximate surface area is 178 Å². The van der Waals surface area contributed by atoms with Crippen molar-refractivity contribution in [1.82, 2.24) is 9.97 Å². The molecule has 2 aromatic carbocycles. The summed E-state index contributed by atoms with van der Waals surface area (Å²) in [5.41, 5.74) is 3.15. The maximum atomic E-state index is 12.7. The summed E-state index contributed by atoms with van der Waals surface area (Å²) in [4.78, 5) is 9.07. The fourth-order valence-electron chi connectivity index (χ4n) is 2.88. The van der Waals surface area contributed by atoms with Gasteiger partial charge in [-0.3, -0.25) is 0 Å². The number of ether oxygens (including phenoxy) is 1. The van der Waals surface area contributed by atoms with Gasteiger partial charge < -0.3 is 4.74 Å². The largest absolute Gasteiger partial charge is 0.439 e. The maximum absolute atomic E-state index is 12.7. The van der Waals surface area contributed by atoms with Crippen molar-refractivity contribution >= 4 is 11.8 Å². The van der Waals surface area contributed by atoms with Gasteiger partial charge in [-0.15, -0.1) is 0 Å². The average Bonchev–Trinajstić information content (AvgIpc) is 2.65. The van der Waals surface area contributed by atoms with E-state index in [1.807, 2.05) is 45.9 Å². The minimum Gasteiger partial charge on any atom is -0.439 e. The van der Waals surface area contributed by atoms with Crippen LogP contribution < -0.4 is 4.74 Å². The van der Waals surface area contributed by atoms with Crippen molar-refractivity contribution in [3.8, 4) is 11.6 Å². The molecule has 0 amide bonds. The van der Waals surface area contributed by atoms with Crippen molar-refractivity contribution in [3.63, 3.8) is 0 Å². The summed E-state index contributed by atoms with van der Waals surface area (Å²) in [5.74, 6) is 1.80. The van der Waals surface area contributed by atoms with Crippen LogP contribution in [0.25, 0.3) is 0 Å². The molecule has 30 heavy (non-hydrogen) atoms. The van der Waals surface area contributed by atoms with Gasteiger partial charge in [-0.05, 0) is 60.7 Å². The zero-order chi connectivity index (χ0) is 21.9. The molecule has 3 aromatic rings. The molecule has 0 bridgehead atoms. The van der Waals surface area contributed by atoms with Crippen LogP contribution in [0.2, 0.25) is 0 Å². The number of aromatic nitrogens is 2. The number of hydrogen-bond acceptors (Lipinski definition) is 4. The third-order valence-corrected chi connectivity index (χ3v) is 5.28. The number of thioether (sulfide) groups is 1. The van der Waals surface area contributed by atoms with E-state index in [-0.39, 0.29) is 5.92 Å². The summed E-state index contributed by atoms with van der Waals surface area (Å²) in [7, 11) is 0. The lowest BCUT2D eigenvalue weighted by molar-refractivity contribution is -0.137. The van der Waals surface area contributed by atoms with Crippen molar-refractivity contribution in [2.75, 3.05) is 0 Å². The van der Waals surface area contributed by atoms with Crippen LogP contribution in [0, 0.1) is 13.8 Å². The summed E-state index contributed by atoms with van der Waals surface area (Å²) in [6.07, 6.45) is -4.33. The quantitative estimate of drug-likeness (QED) is 0.302. The molecule has 1 heterocycles. The molecular formula is C23H23F3N2OS. The first kappa shape index (κ1) is 22.2.